The summed E-state index contributed by atoms with van der Waals surface area (Å²) in [7, 11) is 3.27. The van der Waals surface area contributed by atoms with E-state index in [-0.39, 0.29) is 30.3 Å². The van der Waals surface area contributed by atoms with Gasteiger partial charge in [0, 0.05) is 33.3 Å². The molecule has 1 aliphatic rings. The van der Waals surface area contributed by atoms with Crippen LogP contribution in [0.25, 0.3) is 0 Å². The van der Waals surface area contributed by atoms with Gasteiger partial charge in [-0.1, -0.05) is 26.8 Å². The fraction of sp³-hybridized carbons (Fsp3) is 0.742. The number of hydrogen-bond acceptors (Lipinski definition) is 8. The van der Waals surface area contributed by atoms with E-state index in [1.165, 1.54) is 0 Å². The number of carbonyl (C=O) groups is 2. The Hall–Kier alpha value is -2.56. The maximum Gasteiger partial charge on any atom is 0.415 e. The molecule has 1 heterocycles. The number of rotatable bonds is 13. The molecule has 0 aliphatic carbocycles. The Morgan fingerprint density at radius 2 is 1.85 bits per heavy atom. The number of hydrogen-bond donors (Lipinski definition) is 3. The van der Waals surface area contributed by atoms with Gasteiger partial charge in [0.2, 0.25) is 0 Å². The lowest BCUT2D eigenvalue weighted by atomic mass is 9.76. The molecule has 0 radical (unpaired) electrons. The van der Waals surface area contributed by atoms with Crippen molar-refractivity contribution >= 4 is 12.1 Å². The zero-order valence-electron chi connectivity index (χ0n) is 26.1. The number of alkyl carbamates (subject to hydrolysis) is 1. The van der Waals surface area contributed by atoms with E-state index in [1.54, 1.807) is 39.9 Å². The summed E-state index contributed by atoms with van der Waals surface area (Å²) in [5, 5.41) is 23.6. The van der Waals surface area contributed by atoms with Crippen molar-refractivity contribution in [1.29, 1.82) is 0 Å². The first kappa shape index (κ1) is 34.6. The van der Waals surface area contributed by atoms with Gasteiger partial charge in [-0.15, -0.1) is 0 Å². The van der Waals surface area contributed by atoms with Crippen LogP contribution in [0.1, 0.15) is 66.4 Å². The number of likely N-dealkylation sites (tertiary alicyclic amines) is 1. The molecule has 3 amide bonds. The molecule has 1 fully saturated rings. The summed E-state index contributed by atoms with van der Waals surface area (Å²) in [6, 6.07) is 4.78. The number of nitrogens with one attached hydrogen (secondary N) is 1. The lowest BCUT2D eigenvalue weighted by Gasteiger charge is -2.45. The van der Waals surface area contributed by atoms with Crippen LogP contribution >= 0.6 is 0 Å². The first-order valence-corrected chi connectivity index (χ1v) is 14.7. The molecule has 1 aromatic carbocycles. The molecule has 2 rings (SSSR count). The van der Waals surface area contributed by atoms with Gasteiger partial charge in [-0.05, 0) is 81.4 Å². The molecule has 234 valence electrons. The lowest BCUT2D eigenvalue weighted by Crippen LogP contribution is -2.58. The van der Waals surface area contributed by atoms with Crippen LogP contribution in [0, 0.1) is 23.7 Å². The molecular formula is C31H52N2O8. The number of imide groups is 1. The van der Waals surface area contributed by atoms with E-state index in [0.717, 1.165) is 18.4 Å². The largest absolute Gasteiger partial charge is 0.493 e. The third-order valence-corrected chi connectivity index (χ3v) is 7.74. The van der Waals surface area contributed by atoms with Crippen LogP contribution in [0.5, 0.6) is 11.5 Å². The summed E-state index contributed by atoms with van der Waals surface area (Å²) in [5.74, 6) is 1.63. The average molecular weight is 581 g/mol. The molecule has 0 unspecified atom stereocenters. The molecule has 10 heteroatoms. The highest BCUT2D eigenvalue weighted by molar-refractivity contribution is 5.91. The van der Waals surface area contributed by atoms with Gasteiger partial charge in [-0.3, -0.25) is 0 Å². The van der Waals surface area contributed by atoms with Crippen molar-refractivity contribution in [3.05, 3.63) is 23.8 Å². The van der Waals surface area contributed by atoms with E-state index < -0.39 is 29.9 Å². The van der Waals surface area contributed by atoms with Crippen LogP contribution in [0.2, 0.25) is 0 Å². The van der Waals surface area contributed by atoms with Gasteiger partial charge in [0.1, 0.15) is 5.60 Å². The standard InChI is InChI=1S/C31H52N2O8/c1-20(2)24(19-34)17-26(35)25-16-23(21(3)18-33(25)29(36)32-30(37)41-31(4,5)6)14-22-10-11-27(39-8)28(15-22)40-13-9-12-38-7/h10-11,15,20-21,23-26,34-35H,9,12-14,16-19H2,1-8H3,(H,32,36,37)/t21-,23+,24-,25+,26+/m1/s1. The number of aliphatic hydroxyl groups excluding tert-OH is 2. The summed E-state index contributed by atoms with van der Waals surface area (Å²) in [5.41, 5.74) is 0.319. The van der Waals surface area contributed by atoms with Crippen molar-refractivity contribution in [2.24, 2.45) is 23.7 Å². The highest BCUT2D eigenvalue weighted by Gasteiger charge is 2.41. The predicted molar refractivity (Wildman–Crippen MR) is 157 cm³/mol. The molecule has 3 N–H and O–H groups in total. The van der Waals surface area contributed by atoms with Crippen molar-refractivity contribution in [3.63, 3.8) is 0 Å². The van der Waals surface area contributed by atoms with E-state index in [4.69, 9.17) is 18.9 Å². The second-order valence-corrected chi connectivity index (χ2v) is 12.5. The van der Waals surface area contributed by atoms with Crippen LogP contribution in [-0.4, -0.2) is 85.6 Å². The summed E-state index contributed by atoms with van der Waals surface area (Å²) in [6.45, 7) is 12.7. The summed E-state index contributed by atoms with van der Waals surface area (Å²) in [6.07, 6.45) is 0.670. The van der Waals surface area contributed by atoms with Gasteiger partial charge in [-0.2, -0.15) is 0 Å². The van der Waals surface area contributed by atoms with Crippen LogP contribution < -0.4 is 14.8 Å². The maximum absolute atomic E-state index is 13.3. The highest BCUT2D eigenvalue weighted by atomic mass is 16.6. The minimum absolute atomic E-state index is 0.0512. The summed E-state index contributed by atoms with van der Waals surface area (Å²) >= 11 is 0. The topological polar surface area (TPSA) is 127 Å². The predicted octanol–water partition coefficient (Wildman–Crippen LogP) is 4.64. The van der Waals surface area contributed by atoms with Gasteiger partial charge in [-0.25, -0.2) is 14.9 Å². The Kier molecular flexibility index (Phi) is 13.7. The summed E-state index contributed by atoms with van der Waals surface area (Å²) < 4.78 is 21.9. The Bertz CT molecular complexity index is 964. The molecule has 1 saturated heterocycles. The molecular weight excluding hydrogens is 528 g/mol. The van der Waals surface area contributed by atoms with Gasteiger partial charge in [0.15, 0.2) is 11.5 Å². The third kappa shape index (κ3) is 11.0. The van der Waals surface area contributed by atoms with Gasteiger partial charge >= 0.3 is 12.1 Å². The molecule has 0 bridgehead atoms. The Morgan fingerprint density at radius 1 is 1.15 bits per heavy atom. The second kappa shape index (κ2) is 16.2. The van der Waals surface area contributed by atoms with Crippen molar-refractivity contribution < 1.29 is 38.7 Å². The first-order valence-electron chi connectivity index (χ1n) is 14.7. The van der Waals surface area contributed by atoms with Crippen LogP contribution in [-0.2, 0) is 15.9 Å². The van der Waals surface area contributed by atoms with Crippen LogP contribution in [0.4, 0.5) is 9.59 Å². The van der Waals surface area contributed by atoms with Crippen molar-refractivity contribution in [3.8, 4) is 11.5 Å². The molecule has 1 aromatic rings. The van der Waals surface area contributed by atoms with Gasteiger partial charge in [0.25, 0.3) is 0 Å². The van der Waals surface area contributed by atoms with E-state index >= 15 is 0 Å². The minimum atomic E-state index is -0.871. The first-order chi connectivity index (χ1) is 19.3. The normalized spacial score (nSPS) is 20.9. The highest BCUT2D eigenvalue weighted by Crippen LogP contribution is 2.36. The number of ether oxygens (including phenoxy) is 4. The number of aliphatic hydroxyl groups is 2. The number of piperidine rings is 1. The third-order valence-electron chi connectivity index (χ3n) is 7.74. The van der Waals surface area contributed by atoms with E-state index in [0.29, 0.717) is 44.1 Å². The fourth-order valence-corrected chi connectivity index (χ4v) is 5.28. The SMILES string of the molecule is COCCCOc1cc(C[C@H]2C[C@@H]([C@@H](O)C[C@H](CO)C(C)C)N(C(=O)NC(=O)OC(C)(C)C)C[C@H]2C)ccc1OC. The average Bonchev–Trinajstić information content (AvgIpc) is 2.89. The Labute approximate surface area is 245 Å². The maximum atomic E-state index is 13.3. The monoisotopic (exact) mass is 580 g/mol. The number of amides is 3. The molecule has 41 heavy (non-hydrogen) atoms. The summed E-state index contributed by atoms with van der Waals surface area (Å²) in [4.78, 5) is 27.2. The molecule has 5 atom stereocenters. The minimum Gasteiger partial charge on any atom is -0.493 e. The molecule has 0 saturated carbocycles. The lowest BCUT2D eigenvalue weighted by molar-refractivity contribution is -0.00984. The number of nitrogens with zero attached hydrogens (tertiary/aromatic N) is 1. The van der Waals surface area contributed by atoms with E-state index in [9.17, 15) is 19.8 Å². The molecule has 10 nitrogen and oxygen atoms in total. The number of methoxy groups -OCH3 is 2. The number of urea groups is 1. The number of carbonyl (C=O) groups excluding carboxylic acids is 2. The Morgan fingerprint density at radius 3 is 2.44 bits per heavy atom. The van der Waals surface area contributed by atoms with Crippen molar-refractivity contribution in [2.45, 2.75) is 85.0 Å². The molecule has 1 aliphatic heterocycles. The zero-order valence-corrected chi connectivity index (χ0v) is 26.1. The fourth-order valence-electron chi connectivity index (χ4n) is 5.28. The smallest absolute Gasteiger partial charge is 0.415 e. The van der Waals surface area contributed by atoms with Crippen LogP contribution in [0.15, 0.2) is 18.2 Å². The molecule has 0 spiro atoms. The second-order valence-electron chi connectivity index (χ2n) is 12.5. The van der Waals surface area contributed by atoms with E-state index in [1.807, 2.05) is 32.0 Å². The van der Waals surface area contributed by atoms with Crippen molar-refractivity contribution in [1.82, 2.24) is 10.2 Å². The zero-order chi connectivity index (χ0) is 30.7. The van der Waals surface area contributed by atoms with Gasteiger partial charge < -0.3 is 34.1 Å². The van der Waals surface area contributed by atoms with Crippen LogP contribution in [0.3, 0.4) is 0 Å². The van der Waals surface area contributed by atoms with Gasteiger partial charge in [0.05, 0.1) is 25.9 Å². The van der Waals surface area contributed by atoms with E-state index in [2.05, 4.69) is 12.2 Å². The Balaban J connectivity index is 2.25. The quantitative estimate of drug-likeness (QED) is 0.288. The number of benzene rings is 1. The van der Waals surface area contributed by atoms with Crippen molar-refractivity contribution in [2.75, 3.05) is 40.6 Å². The molecule has 0 aromatic heterocycles.